The second kappa shape index (κ2) is 5.97. The Morgan fingerprint density at radius 2 is 2.38 bits per heavy atom. The number of hydrogen-bond donors (Lipinski definition) is 2. The number of hydrogen-bond acceptors (Lipinski definition) is 4. The predicted octanol–water partition coefficient (Wildman–Crippen LogP) is 2.47. The standard InChI is InChI=1S/C15H22N4O2/c1-2-7-19-8-3-4-11-12(19)6-5-10-9-16-14(17-13(10)11)18-15(20)21/h9,11-12H,2-8H2,1H3,(H,20,21)(H,16,17,18). The molecule has 21 heavy (non-hydrogen) atoms. The molecule has 1 aliphatic carbocycles. The number of carboxylic acid groups (broad SMARTS) is 1. The molecular weight excluding hydrogens is 268 g/mol. The van der Waals surface area contributed by atoms with Gasteiger partial charge in [0.2, 0.25) is 5.95 Å². The summed E-state index contributed by atoms with van der Waals surface area (Å²) in [6.07, 6.45) is 6.33. The molecule has 1 saturated heterocycles. The van der Waals surface area contributed by atoms with Crippen molar-refractivity contribution < 1.29 is 9.90 Å². The van der Waals surface area contributed by atoms with E-state index in [1.807, 2.05) is 0 Å². The molecule has 6 heteroatoms. The fraction of sp³-hybridized carbons (Fsp3) is 0.667. The van der Waals surface area contributed by atoms with Crippen LogP contribution in [0.2, 0.25) is 0 Å². The second-order valence-corrected chi connectivity index (χ2v) is 5.92. The zero-order chi connectivity index (χ0) is 14.8. The quantitative estimate of drug-likeness (QED) is 0.894. The van der Waals surface area contributed by atoms with E-state index in [-0.39, 0.29) is 5.95 Å². The molecule has 1 amide bonds. The predicted molar refractivity (Wildman–Crippen MR) is 79.6 cm³/mol. The van der Waals surface area contributed by atoms with Gasteiger partial charge in [0.15, 0.2) is 0 Å². The van der Waals surface area contributed by atoms with Gasteiger partial charge in [-0.05, 0) is 50.8 Å². The monoisotopic (exact) mass is 290 g/mol. The molecule has 0 spiro atoms. The number of rotatable bonds is 3. The van der Waals surface area contributed by atoms with Crippen molar-refractivity contribution >= 4 is 12.0 Å². The van der Waals surface area contributed by atoms with Gasteiger partial charge >= 0.3 is 6.09 Å². The third-order valence-corrected chi connectivity index (χ3v) is 4.58. The maximum Gasteiger partial charge on any atom is 0.411 e. The molecule has 1 aliphatic heterocycles. The first-order chi connectivity index (χ1) is 10.2. The van der Waals surface area contributed by atoms with Gasteiger partial charge in [-0.25, -0.2) is 14.8 Å². The number of aromatic nitrogens is 2. The molecular formula is C15H22N4O2. The first-order valence-electron chi connectivity index (χ1n) is 7.79. The Labute approximate surface area is 124 Å². The van der Waals surface area contributed by atoms with Crippen molar-refractivity contribution in [3.63, 3.8) is 0 Å². The van der Waals surface area contributed by atoms with Gasteiger partial charge in [0.25, 0.3) is 0 Å². The van der Waals surface area contributed by atoms with Gasteiger partial charge in [-0.15, -0.1) is 0 Å². The van der Waals surface area contributed by atoms with Crippen LogP contribution in [-0.2, 0) is 6.42 Å². The second-order valence-electron chi connectivity index (χ2n) is 5.92. The highest BCUT2D eigenvalue weighted by Gasteiger charge is 2.37. The Morgan fingerprint density at radius 3 is 3.14 bits per heavy atom. The molecule has 0 aromatic carbocycles. The lowest BCUT2D eigenvalue weighted by Gasteiger charge is -2.44. The van der Waals surface area contributed by atoms with Crippen LogP contribution in [0.5, 0.6) is 0 Å². The van der Waals surface area contributed by atoms with Crippen molar-refractivity contribution in [3.05, 3.63) is 17.5 Å². The van der Waals surface area contributed by atoms with E-state index in [0.29, 0.717) is 12.0 Å². The minimum Gasteiger partial charge on any atom is -0.465 e. The number of aryl methyl sites for hydroxylation is 1. The van der Waals surface area contributed by atoms with Crippen LogP contribution in [0.3, 0.4) is 0 Å². The SMILES string of the molecule is CCCN1CCCC2c3nc(NC(=O)O)ncc3CCC21. The third-order valence-electron chi connectivity index (χ3n) is 4.58. The summed E-state index contributed by atoms with van der Waals surface area (Å²) in [5, 5.41) is 11.1. The summed E-state index contributed by atoms with van der Waals surface area (Å²) in [5.74, 6) is 0.626. The van der Waals surface area contributed by atoms with E-state index in [0.717, 1.165) is 31.5 Å². The summed E-state index contributed by atoms with van der Waals surface area (Å²) in [6.45, 7) is 4.54. The molecule has 2 N–H and O–H groups in total. The minimum absolute atomic E-state index is 0.203. The molecule has 1 aromatic rings. The average molecular weight is 290 g/mol. The lowest BCUT2D eigenvalue weighted by atomic mass is 9.77. The molecule has 3 rings (SSSR count). The number of anilines is 1. The zero-order valence-corrected chi connectivity index (χ0v) is 12.4. The van der Waals surface area contributed by atoms with Gasteiger partial charge in [-0.1, -0.05) is 6.92 Å². The van der Waals surface area contributed by atoms with Crippen molar-refractivity contribution in [2.24, 2.45) is 0 Å². The molecule has 2 atom stereocenters. The van der Waals surface area contributed by atoms with Crippen LogP contribution in [0.4, 0.5) is 10.7 Å². The van der Waals surface area contributed by atoms with E-state index in [2.05, 4.69) is 27.1 Å². The number of amides is 1. The Balaban J connectivity index is 1.88. The highest BCUT2D eigenvalue weighted by Crippen LogP contribution is 2.39. The largest absolute Gasteiger partial charge is 0.465 e. The van der Waals surface area contributed by atoms with Crippen molar-refractivity contribution in [1.82, 2.24) is 14.9 Å². The summed E-state index contributed by atoms with van der Waals surface area (Å²) in [4.78, 5) is 22.0. The van der Waals surface area contributed by atoms with Gasteiger partial charge < -0.3 is 5.11 Å². The number of carbonyl (C=O) groups is 1. The van der Waals surface area contributed by atoms with Crippen LogP contribution < -0.4 is 5.32 Å². The Hall–Kier alpha value is -1.69. The summed E-state index contributed by atoms with van der Waals surface area (Å²) in [7, 11) is 0. The van der Waals surface area contributed by atoms with Gasteiger partial charge in [0.1, 0.15) is 0 Å². The van der Waals surface area contributed by atoms with E-state index >= 15 is 0 Å². The lowest BCUT2D eigenvalue weighted by Crippen LogP contribution is -2.47. The Morgan fingerprint density at radius 1 is 1.52 bits per heavy atom. The molecule has 1 fully saturated rings. The van der Waals surface area contributed by atoms with E-state index in [1.54, 1.807) is 6.20 Å². The molecule has 2 unspecified atom stereocenters. The van der Waals surface area contributed by atoms with Gasteiger partial charge in [-0.3, -0.25) is 10.2 Å². The normalized spacial score (nSPS) is 25.0. The Bertz CT molecular complexity index is 532. The van der Waals surface area contributed by atoms with Crippen LogP contribution in [0.15, 0.2) is 6.20 Å². The van der Waals surface area contributed by atoms with E-state index in [9.17, 15) is 4.79 Å². The van der Waals surface area contributed by atoms with Crippen molar-refractivity contribution in [3.8, 4) is 0 Å². The van der Waals surface area contributed by atoms with Gasteiger partial charge in [-0.2, -0.15) is 0 Å². The smallest absolute Gasteiger partial charge is 0.411 e. The number of fused-ring (bicyclic) bond motifs is 3. The molecule has 1 aromatic heterocycles. The summed E-state index contributed by atoms with van der Waals surface area (Å²) < 4.78 is 0. The van der Waals surface area contributed by atoms with Gasteiger partial charge in [0, 0.05) is 18.2 Å². The molecule has 0 saturated carbocycles. The van der Waals surface area contributed by atoms with E-state index in [1.165, 1.54) is 24.9 Å². The summed E-state index contributed by atoms with van der Waals surface area (Å²) >= 11 is 0. The molecule has 0 bridgehead atoms. The molecule has 2 heterocycles. The molecule has 6 nitrogen and oxygen atoms in total. The van der Waals surface area contributed by atoms with E-state index in [4.69, 9.17) is 5.11 Å². The summed E-state index contributed by atoms with van der Waals surface area (Å²) in [6, 6.07) is 0.554. The molecule has 0 radical (unpaired) electrons. The van der Waals surface area contributed by atoms with Gasteiger partial charge in [0.05, 0.1) is 5.69 Å². The third kappa shape index (κ3) is 2.85. The fourth-order valence-electron chi connectivity index (χ4n) is 3.79. The maximum atomic E-state index is 10.8. The number of nitrogens with zero attached hydrogens (tertiary/aromatic N) is 3. The Kier molecular flexibility index (Phi) is 4.05. The summed E-state index contributed by atoms with van der Waals surface area (Å²) in [5.41, 5.74) is 2.25. The minimum atomic E-state index is -1.11. The number of likely N-dealkylation sites (tertiary alicyclic amines) is 1. The van der Waals surface area contributed by atoms with Crippen LogP contribution in [0.1, 0.15) is 49.8 Å². The highest BCUT2D eigenvalue weighted by atomic mass is 16.4. The van der Waals surface area contributed by atoms with Crippen molar-refractivity contribution in [2.45, 2.75) is 51.0 Å². The topological polar surface area (TPSA) is 78.4 Å². The molecule has 114 valence electrons. The van der Waals surface area contributed by atoms with Crippen LogP contribution >= 0.6 is 0 Å². The van der Waals surface area contributed by atoms with Crippen LogP contribution in [0, 0.1) is 0 Å². The first-order valence-corrected chi connectivity index (χ1v) is 7.79. The van der Waals surface area contributed by atoms with Crippen molar-refractivity contribution in [1.29, 1.82) is 0 Å². The highest BCUT2D eigenvalue weighted by molar-refractivity contribution is 5.80. The van der Waals surface area contributed by atoms with Crippen LogP contribution in [0.25, 0.3) is 0 Å². The average Bonchev–Trinajstić information content (AvgIpc) is 2.47. The maximum absolute atomic E-state index is 10.8. The fourth-order valence-corrected chi connectivity index (χ4v) is 3.79. The van der Waals surface area contributed by atoms with Crippen molar-refractivity contribution in [2.75, 3.05) is 18.4 Å². The van der Waals surface area contributed by atoms with E-state index < -0.39 is 6.09 Å². The first kappa shape index (κ1) is 14.3. The zero-order valence-electron chi connectivity index (χ0n) is 12.4. The van der Waals surface area contributed by atoms with Crippen LogP contribution in [-0.4, -0.2) is 45.2 Å². The number of piperidine rings is 1. The molecule has 2 aliphatic rings. The lowest BCUT2D eigenvalue weighted by molar-refractivity contribution is 0.111. The number of nitrogens with one attached hydrogen (secondary N) is 1.